The van der Waals surface area contributed by atoms with Crippen LogP contribution in [0.5, 0.6) is 0 Å². The van der Waals surface area contributed by atoms with E-state index in [0.29, 0.717) is 35.8 Å². The van der Waals surface area contributed by atoms with Crippen LogP contribution in [0.15, 0.2) is 64.0 Å². The van der Waals surface area contributed by atoms with Crippen molar-refractivity contribution in [1.29, 1.82) is 0 Å². The number of nitrogens with one attached hydrogen (secondary N) is 1. The fraction of sp³-hybridized carbons (Fsp3) is 0.286. The summed E-state index contributed by atoms with van der Waals surface area (Å²) < 4.78 is 32.3. The molecular formula is C21H21ClN4O4S. The number of hydrogen-bond acceptors (Lipinski definition) is 6. The Labute approximate surface area is 185 Å². The van der Waals surface area contributed by atoms with Gasteiger partial charge >= 0.3 is 0 Å². The number of aromatic nitrogens is 2. The number of rotatable bonds is 6. The molecule has 0 bridgehead atoms. The van der Waals surface area contributed by atoms with Crippen molar-refractivity contribution in [3.05, 3.63) is 65.5 Å². The first-order valence-corrected chi connectivity index (χ1v) is 11.7. The lowest BCUT2D eigenvalue weighted by Crippen LogP contribution is -2.45. The van der Waals surface area contributed by atoms with Gasteiger partial charge in [0.25, 0.3) is 0 Å². The molecule has 0 spiro atoms. The quantitative estimate of drug-likeness (QED) is 0.606. The summed E-state index contributed by atoms with van der Waals surface area (Å²) in [6.45, 7) is 0.585. The summed E-state index contributed by atoms with van der Waals surface area (Å²) in [6.07, 6.45) is 1.22. The Hall–Kier alpha value is -2.75. The maximum atomic E-state index is 12.8. The minimum absolute atomic E-state index is 0.0538. The van der Waals surface area contributed by atoms with Gasteiger partial charge in [-0.25, -0.2) is 8.42 Å². The Kier molecular flexibility index (Phi) is 6.35. The molecule has 2 heterocycles. The number of piperidine rings is 1. The Morgan fingerprint density at radius 1 is 1.16 bits per heavy atom. The van der Waals surface area contributed by atoms with Crippen molar-refractivity contribution in [2.45, 2.75) is 24.3 Å². The smallest absolute Gasteiger partial charge is 0.246 e. The van der Waals surface area contributed by atoms with Crippen LogP contribution in [0.3, 0.4) is 0 Å². The SMILES string of the molecule is O=C(NCc1nc(-c2ccccc2Cl)no1)C1CCCN(S(=O)(=O)c2ccccc2)C1. The first kappa shape index (κ1) is 21.5. The van der Waals surface area contributed by atoms with Crippen LogP contribution in [-0.4, -0.2) is 41.9 Å². The molecule has 8 nitrogen and oxygen atoms in total. The minimum atomic E-state index is -3.63. The molecule has 31 heavy (non-hydrogen) atoms. The molecule has 1 unspecified atom stereocenters. The van der Waals surface area contributed by atoms with Crippen LogP contribution >= 0.6 is 11.6 Å². The lowest BCUT2D eigenvalue weighted by molar-refractivity contribution is -0.126. The zero-order chi connectivity index (χ0) is 21.8. The molecule has 0 radical (unpaired) electrons. The average molecular weight is 461 g/mol. The molecule has 4 rings (SSSR count). The van der Waals surface area contributed by atoms with Crippen molar-refractivity contribution in [1.82, 2.24) is 19.8 Å². The van der Waals surface area contributed by atoms with E-state index in [1.165, 1.54) is 4.31 Å². The predicted octanol–water partition coefficient (Wildman–Crippen LogP) is 3.11. The van der Waals surface area contributed by atoms with Crippen LogP contribution in [0.25, 0.3) is 11.4 Å². The third kappa shape index (κ3) is 4.79. The molecule has 1 aromatic heterocycles. The number of nitrogens with zero attached hydrogens (tertiary/aromatic N) is 3. The van der Waals surface area contributed by atoms with Crippen molar-refractivity contribution < 1.29 is 17.7 Å². The summed E-state index contributed by atoms with van der Waals surface area (Å²) in [6, 6.07) is 15.4. The maximum absolute atomic E-state index is 12.8. The maximum Gasteiger partial charge on any atom is 0.246 e. The number of sulfonamides is 1. The molecule has 2 aromatic carbocycles. The van der Waals surface area contributed by atoms with Crippen molar-refractivity contribution in [3.8, 4) is 11.4 Å². The zero-order valence-electron chi connectivity index (χ0n) is 16.6. The van der Waals surface area contributed by atoms with Gasteiger partial charge < -0.3 is 9.84 Å². The van der Waals surface area contributed by atoms with Gasteiger partial charge in [-0.3, -0.25) is 4.79 Å². The van der Waals surface area contributed by atoms with Crippen LogP contribution in [0, 0.1) is 5.92 Å². The molecule has 3 aromatic rings. The molecule has 1 aliphatic rings. The summed E-state index contributed by atoms with van der Waals surface area (Å²) in [7, 11) is -3.63. The number of hydrogen-bond donors (Lipinski definition) is 1. The lowest BCUT2D eigenvalue weighted by Gasteiger charge is -2.31. The second-order valence-electron chi connectivity index (χ2n) is 7.22. The molecular weight excluding hydrogens is 440 g/mol. The van der Waals surface area contributed by atoms with E-state index >= 15 is 0 Å². The molecule has 1 amide bonds. The van der Waals surface area contributed by atoms with Gasteiger partial charge in [0.1, 0.15) is 0 Å². The van der Waals surface area contributed by atoms with E-state index < -0.39 is 15.9 Å². The van der Waals surface area contributed by atoms with E-state index in [2.05, 4.69) is 15.5 Å². The molecule has 10 heteroatoms. The summed E-state index contributed by atoms with van der Waals surface area (Å²) in [5.74, 6) is -0.107. The molecule has 1 N–H and O–H groups in total. The highest BCUT2D eigenvalue weighted by molar-refractivity contribution is 7.89. The number of amides is 1. The third-order valence-corrected chi connectivity index (χ3v) is 7.34. The fourth-order valence-corrected chi connectivity index (χ4v) is 5.27. The van der Waals surface area contributed by atoms with Gasteiger partial charge in [-0.1, -0.05) is 47.1 Å². The van der Waals surface area contributed by atoms with Crippen molar-refractivity contribution >= 4 is 27.5 Å². The van der Waals surface area contributed by atoms with Crippen LogP contribution in [0.2, 0.25) is 5.02 Å². The van der Waals surface area contributed by atoms with Gasteiger partial charge in [0, 0.05) is 18.7 Å². The van der Waals surface area contributed by atoms with E-state index in [4.69, 9.17) is 16.1 Å². The largest absolute Gasteiger partial charge is 0.347 e. The van der Waals surface area contributed by atoms with Crippen molar-refractivity contribution in [3.63, 3.8) is 0 Å². The number of benzene rings is 2. The third-order valence-electron chi connectivity index (χ3n) is 5.13. The Balaban J connectivity index is 1.38. The van der Waals surface area contributed by atoms with Crippen LogP contribution < -0.4 is 5.32 Å². The average Bonchev–Trinajstić information content (AvgIpc) is 3.27. The Morgan fingerprint density at radius 2 is 1.90 bits per heavy atom. The van der Waals surface area contributed by atoms with Crippen LogP contribution in [-0.2, 0) is 21.4 Å². The van der Waals surface area contributed by atoms with Crippen molar-refractivity contribution in [2.24, 2.45) is 5.92 Å². The van der Waals surface area contributed by atoms with Gasteiger partial charge in [-0.05, 0) is 37.1 Å². The van der Waals surface area contributed by atoms with E-state index in [1.54, 1.807) is 48.5 Å². The summed E-state index contributed by atoms with van der Waals surface area (Å²) >= 11 is 6.15. The molecule has 1 atom stereocenters. The van der Waals surface area contributed by atoms with Crippen LogP contribution in [0.1, 0.15) is 18.7 Å². The Bertz CT molecular complexity index is 1170. The van der Waals surface area contributed by atoms with Crippen molar-refractivity contribution in [2.75, 3.05) is 13.1 Å². The van der Waals surface area contributed by atoms with Gasteiger partial charge in [-0.2, -0.15) is 9.29 Å². The topological polar surface area (TPSA) is 105 Å². The molecule has 1 saturated heterocycles. The first-order valence-electron chi connectivity index (χ1n) is 9.85. The molecule has 1 fully saturated rings. The van der Waals surface area contributed by atoms with Gasteiger partial charge in [0.15, 0.2) is 0 Å². The van der Waals surface area contributed by atoms with Gasteiger partial charge in [-0.15, -0.1) is 0 Å². The number of carbonyl (C=O) groups is 1. The van der Waals surface area contributed by atoms with E-state index in [0.717, 1.165) is 0 Å². The number of carbonyl (C=O) groups excluding carboxylic acids is 1. The minimum Gasteiger partial charge on any atom is -0.347 e. The monoisotopic (exact) mass is 460 g/mol. The van der Waals surface area contributed by atoms with E-state index in [9.17, 15) is 13.2 Å². The molecule has 1 aliphatic heterocycles. The summed E-state index contributed by atoms with van der Waals surface area (Å²) in [4.78, 5) is 17.2. The highest BCUT2D eigenvalue weighted by Gasteiger charge is 2.33. The Morgan fingerprint density at radius 3 is 2.68 bits per heavy atom. The van der Waals surface area contributed by atoms with E-state index in [1.807, 2.05) is 6.07 Å². The number of halogens is 1. The second kappa shape index (κ2) is 9.17. The standard InChI is InChI=1S/C21H21ClN4O4S/c22-18-11-5-4-10-17(18)20-24-19(30-25-20)13-23-21(27)15-7-6-12-26(14-15)31(28,29)16-8-2-1-3-9-16/h1-5,8-11,15H,6-7,12-14H2,(H,23,27). The molecule has 0 aliphatic carbocycles. The van der Waals surface area contributed by atoms with Gasteiger partial charge in [0.2, 0.25) is 27.6 Å². The first-order chi connectivity index (χ1) is 14.9. The predicted molar refractivity (Wildman–Crippen MR) is 115 cm³/mol. The zero-order valence-corrected chi connectivity index (χ0v) is 18.1. The molecule has 162 valence electrons. The second-order valence-corrected chi connectivity index (χ2v) is 9.57. The highest BCUT2D eigenvalue weighted by atomic mass is 35.5. The normalized spacial score (nSPS) is 17.4. The highest BCUT2D eigenvalue weighted by Crippen LogP contribution is 2.26. The van der Waals surface area contributed by atoms with Crippen LogP contribution in [0.4, 0.5) is 0 Å². The molecule has 0 saturated carbocycles. The van der Waals surface area contributed by atoms with E-state index in [-0.39, 0.29) is 29.8 Å². The fourth-order valence-electron chi connectivity index (χ4n) is 3.50. The summed E-state index contributed by atoms with van der Waals surface area (Å²) in [5, 5.41) is 7.18. The van der Waals surface area contributed by atoms with Gasteiger partial charge in [0.05, 0.1) is 22.4 Å². The lowest BCUT2D eigenvalue weighted by atomic mass is 9.99. The summed E-state index contributed by atoms with van der Waals surface area (Å²) in [5.41, 5.74) is 0.638.